The number of likely N-dealkylation sites (N-methyl/N-ethyl adjacent to an activating group) is 1. The van der Waals surface area contributed by atoms with Crippen molar-refractivity contribution in [1.82, 2.24) is 5.43 Å². The smallest absolute Gasteiger partial charge is 0.236 e. The molecule has 0 spiro atoms. The van der Waals surface area contributed by atoms with Crippen molar-refractivity contribution >= 4 is 17.3 Å². The van der Waals surface area contributed by atoms with Gasteiger partial charge < -0.3 is 9.80 Å². The lowest BCUT2D eigenvalue weighted by Crippen LogP contribution is -3.14. The SMILES string of the molecule is CC[NH+]1CCN(c2ccc(/C(C)=N\NC(C)=O)cc2F)CC1. The number of rotatable bonds is 4. The van der Waals surface area contributed by atoms with Crippen LogP contribution in [0.1, 0.15) is 26.3 Å². The fraction of sp³-hybridized carbons (Fsp3) is 0.500. The zero-order valence-electron chi connectivity index (χ0n) is 13.4. The Hall–Kier alpha value is -1.95. The molecule has 1 aromatic carbocycles. The number of quaternary nitrogens is 1. The first-order chi connectivity index (χ1) is 10.5. The molecule has 2 rings (SSSR count). The lowest BCUT2D eigenvalue weighted by Gasteiger charge is -2.33. The summed E-state index contributed by atoms with van der Waals surface area (Å²) in [4.78, 5) is 14.5. The summed E-state index contributed by atoms with van der Waals surface area (Å²) in [6.45, 7) is 10.3. The van der Waals surface area contributed by atoms with E-state index in [4.69, 9.17) is 0 Å². The van der Waals surface area contributed by atoms with Gasteiger partial charge in [0.2, 0.25) is 5.91 Å². The lowest BCUT2D eigenvalue weighted by atomic mass is 10.1. The number of nitrogens with zero attached hydrogens (tertiary/aromatic N) is 2. The zero-order chi connectivity index (χ0) is 16.1. The van der Waals surface area contributed by atoms with Crippen LogP contribution < -0.4 is 15.2 Å². The van der Waals surface area contributed by atoms with E-state index < -0.39 is 0 Å². The van der Waals surface area contributed by atoms with E-state index in [9.17, 15) is 9.18 Å². The molecule has 0 bridgehead atoms. The largest absolute Gasteiger partial charge is 0.358 e. The number of anilines is 1. The van der Waals surface area contributed by atoms with Crippen LogP contribution in [0.5, 0.6) is 0 Å². The number of hydrogen-bond acceptors (Lipinski definition) is 3. The highest BCUT2D eigenvalue weighted by Gasteiger charge is 2.21. The van der Waals surface area contributed by atoms with Gasteiger partial charge >= 0.3 is 0 Å². The second-order valence-corrected chi connectivity index (χ2v) is 5.62. The highest BCUT2D eigenvalue weighted by atomic mass is 19.1. The number of halogens is 1. The summed E-state index contributed by atoms with van der Waals surface area (Å²) in [5, 5.41) is 3.93. The van der Waals surface area contributed by atoms with E-state index >= 15 is 0 Å². The third-order valence-electron chi connectivity index (χ3n) is 4.06. The summed E-state index contributed by atoms with van der Waals surface area (Å²) in [6.07, 6.45) is 0. The third-order valence-corrected chi connectivity index (χ3v) is 4.06. The van der Waals surface area contributed by atoms with Gasteiger partial charge in [0, 0.05) is 12.5 Å². The first kappa shape index (κ1) is 16.4. The topological polar surface area (TPSA) is 49.1 Å². The Kier molecular flexibility index (Phi) is 5.49. The Balaban J connectivity index is 2.10. The van der Waals surface area contributed by atoms with Crippen molar-refractivity contribution in [2.24, 2.45) is 5.10 Å². The van der Waals surface area contributed by atoms with Gasteiger partial charge in [-0.05, 0) is 26.0 Å². The van der Waals surface area contributed by atoms with Crippen LogP contribution in [0.15, 0.2) is 23.3 Å². The molecule has 0 atom stereocenters. The van der Waals surface area contributed by atoms with Crippen LogP contribution in [-0.4, -0.2) is 44.3 Å². The van der Waals surface area contributed by atoms with Crippen LogP contribution in [-0.2, 0) is 4.79 Å². The van der Waals surface area contributed by atoms with E-state index in [0.29, 0.717) is 17.0 Å². The summed E-state index contributed by atoms with van der Waals surface area (Å²) in [5.74, 6) is -0.484. The van der Waals surface area contributed by atoms with Gasteiger partial charge in [0.25, 0.3) is 0 Å². The van der Waals surface area contributed by atoms with Crippen LogP contribution in [0.4, 0.5) is 10.1 Å². The molecule has 5 nitrogen and oxygen atoms in total. The number of hydrazone groups is 1. The Morgan fingerprint density at radius 2 is 2.05 bits per heavy atom. The monoisotopic (exact) mass is 307 g/mol. The van der Waals surface area contributed by atoms with Gasteiger partial charge in [-0.1, -0.05) is 6.07 Å². The van der Waals surface area contributed by atoms with Gasteiger partial charge in [0.05, 0.1) is 44.1 Å². The van der Waals surface area contributed by atoms with E-state index in [1.807, 2.05) is 6.07 Å². The first-order valence-corrected chi connectivity index (χ1v) is 7.70. The second kappa shape index (κ2) is 7.35. The zero-order valence-corrected chi connectivity index (χ0v) is 13.4. The van der Waals surface area contributed by atoms with Crippen LogP contribution in [0.25, 0.3) is 0 Å². The molecule has 0 aliphatic carbocycles. The van der Waals surface area contributed by atoms with Crippen LogP contribution >= 0.6 is 0 Å². The molecule has 1 aromatic rings. The van der Waals surface area contributed by atoms with Gasteiger partial charge in [-0.2, -0.15) is 5.10 Å². The molecule has 22 heavy (non-hydrogen) atoms. The molecule has 0 unspecified atom stereocenters. The molecule has 1 fully saturated rings. The molecule has 0 aromatic heterocycles. The van der Waals surface area contributed by atoms with Crippen molar-refractivity contribution in [1.29, 1.82) is 0 Å². The molecule has 1 saturated heterocycles. The van der Waals surface area contributed by atoms with E-state index in [1.54, 1.807) is 17.9 Å². The second-order valence-electron chi connectivity index (χ2n) is 5.62. The molecule has 120 valence electrons. The van der Waals surface area contributed by atoms with E-state index in [-0.39, 0.29) is 11.7 Å². The molecule has 1 aliphatic heterocycles. The molecule has 1 heterocycles. The highest BCUT2D eigenvalue weighted by Crippen LogP contribution is 2.21. The van der Waals surface area contributed by atoms with E-state index in [2.05, 4.69) is 22.4 Å². The Morgan fingerprint density at radius 3 is 2.59 bits per heavy atom. The van der Waals surface area contributed by atoms with Crippen molar-refractivity contribution in [2.75, 3.05) is 37.6 Å². The molecule has 0 radical (unpaired) electrons. The summed E-state index contributed by atoms with van der Waals surface area (Å²) >= 11 is 0. The average molecular weight is 307 g/mol. The van der Waals surface area contributed by atoms with Crippen molar-refractivity contribution in [3.8, 4) is 0 Å². The predicted octanol–water partition coefficient (Wildman–Crippen LogP) is 0.411. The van der Waals surface area contributed by atoms with Crippen LogP contribution in [0.2, 0.25) is 0 Å². The Bertz CT molecular complexity index is 565. The summed E-state index contributed by atoms with van der Waals surface area (Å²) in [5.41, 5.74) is 4.27. The number of carbonyl (C=O) groups excluding carboxylic acids is 1. The van der Waals surface area contributed by atoms with Gasteiger partial charge in [0.15, 0.2) is 0 Å². The van der Waals surface area contributed by atoms with Gasteiger partial charge in [-0.25, -0.2) is 9.82 Å². The summed E-state index contributed by atoms with van der Waals surface area (Å²) in [7, 11) is 0. The predicted molar refractivity (Wildman–Crippen MR) is 85.9 cm³/mol. The number of nitrogens with one attached hydrogen (secondary N) is 2. The Morgan fingerprint density at radius 1 is 1.36 bits per heavy atom. The number of benzene rings is 1. The maximum Gasteiger partial charge on any atom is 0.236 e. The standard InChI is InChI=1S/C16H23FN4O/c1-4-20-7-9-21(10-8-20)16-6-5-14(11-15(16)17)12(2)18-19-13(3)22/h5-6,11H,4,7-10H2,1-3H3,(H,19,22)/p+1/b18-12-. The minimum absolute atomic E-state index is 0.241. The summed E-state index contributed by atoms with van der Waals surface area (Å²) in [6, 6.07) is 5.13. The van der Waals surface area contributed by atoms with E-state index in [1.165, 1.54) is 13.0 Å². The molecule has 0 saturated carbocycles. The quantitative estimate of drug-likeness (QED) is 0.625. The van der Waals surface area contributed by atoms with Gasteiger partial charge in [0.1, 0.15) is 5.82 Å². The normalized spacial score (nSPS) is 16.7. The molecular weight excluding hydrogens is 283 g/mol. The maximum atomic E-state index is 14.4. The first-order valence-electron chi connectivity index (χ1n) is 7.70. The molecule has 2 N–H and O–H groups in total. The third kappa shape index (κ3) is 4.04. The van der Waals surface area contributed by atoms with Crippen molar-refractivity contribution in [2.45, 2.75) is 20.8 Å². The highest BCUT2D eigenvalue weighted by molar-refractivity contribution is 5.99. The lowest BCUT2D eigenvalue weighted by molar-refractivity contribution is -0.898. The van der Waals surface area contributed by atoms with Crippen LogP contribution in [0, 0.1) is 5.82 Å². The molecular formula is C16H24FN4O+. The van der Waals surface area contributed by atoms with E-state index in [0.717, 1.165) is 32.7 Å². The fourth-order valence-corrected chi connectivity index (χ4v) is 2.63. The number of amides is 1. The van der Waals surface area contributed by atoms with Gasteiger partial charge in [-0.3, -0.25) is 4.79 Å². The minimum Gasteiger partial charge on any atom is -0.358 e. The molecule has 6 heteroatoms. The summed E-state index contributed by atoms with van der Waals surface area (Å²) < 4.78 is 14.4. The molecule has 1 aliphatic rings. The van der Waals surface area contributed by atoms with Crippen LogP contribution in [0.3, 0.4) is 0 Å². The van der Waals surface area contributed by atoms with Gasteiger partial charge in [-0.15, -0.1) is 0 Å². The minimum atomic E-state index is -0.243. The maximum absolute atomic E-state index is 14.4. The fourth-order valence-electron chi connectivity index (χ4n) is 2.63. The number of piperazine rings is 1. The Labute approximate surface area is 130 Å². The average Bonchev–Trinajstić information content (AvgIpc) is 2.52. The van der Waals surface area contributed by atoms with Crippen molar-refractivity contribution in [3.63, 3.8) is 0 Å². The van der Waals surface area contributed by atoms with Crippen molar-refractivity contribution < 1.29 is 14.1 Å². The van der Waals surface area contributed by atoms with Crippen molar-refractivity contribution in [3.05, 3.63) is 29.6 Å². The number of hydrogen-bond donors (Lipinski definition) is 2. The number of carbonyl (C=O) groups is 1. The molecule has 1 amide bonds.